The molecule has 0 spiro atoms. The molecule has 2 rings (SSSR count). The molecule has 1 N–H and O–H groups in total. The van der Waals surface area contributed by atoms with Crippen LogP contribution in [-0.2, 0) is 14.8 Å². The van der Waals surface area contributed by atoms with E-state index >= 15 is 0 Å². The summed E-state index contributed by atoms with van der Waals surface area (Å²) in [6, 6.07) is 12.6. The van der Waals surface area contributed by atoms with Crippen molar-refractivity contribution in [1.29, 1.82) is 0 Å². The molecule has 0 aliphatic rings. The Balaban J connectivity index is 2.09. The molecule has 6 nitrogen and oxygen atoms in total. The van der Waals surface area contributed by atoms with Crippen molar-refractivity contribution in [3.05, 3.63) is 63.6 Å². The van der Waals surface area contributed by atoms with E-state index in [1.165, 1.54) is 6.21 Å². The summed E-state index contributed by atoms with van der Waals surface area (Å²) in [7, 11) is -3.61. The lowest BCUT2D eigenvalue weighted by Gasteiger charge is -2.22. The van der Waals surface area contributed by atoms with Gasteiger partial charge >= 0.3 is 0 Å². The molecule has 0 radical (unpaired) electrons. The normalized spacial score (nSPS) is 11.5. The van der Waals surface area contributed by atoms with Crippen LogP contribution in [0.5, 0.6) is 0 Å². The summed E-state index contributed by atoms with van der Waals surface area (Å²) in [4.78, 5) is 12.1. The number of nitrogens with one attached hydrogen (secondary N) is 1. The second kappa shape index (κ2) is 8.46. The van der Waals surface area contributed by atoms with Crippen molar-refractivity contribution in [2.45, 2.75) is 13.8 Å². The molecule has 1 amide bonds. The van der Waals surface area contributed by atoms with Gasteiger partial charge in [-0.1, -0.05) is 34.1 Å². The van der Waals surface area contributed by atoms with Gasteiger partial charge in [-0.25, -0.2) is 13.8 Å². The zero-order valence-electron chi connectivity index (χ0n) is 14.7. The van der Waals surface area contributed by atoms with Gasteiger partial charge in [-0.3, -0.25) is 9.10 Å². The topological polar surface area (TPSA) is 78.8 Å². The van der Waals surface area contributed by atoms with Crippen LogP contribution >= 0.6 is 15.9 Å². The number of aryl methyl sites for hydroxylation is 2. The first-order chi connectivity index (χ1) is 12.2. The second-order valence-corrected chi connectivity index (χ2v) is 8.71. The van der Waals surface area contributed by atoms with Crippen molar-refractivity contribution in [2.24, 2.45) is 5.10 Å². The Hall–Kier alpha value is -2.19. The smallest absolute Gasteiger partial charge is 0.260 e. The largest absolute Gasteiger partial charge is 0.271 e. The Morgan fingerprint density at radius 2 is 1.81 bits per heavy atom. The van der Waals surface area contributed by atoms with Crippen molar-refractivity contribution in [1.82, 2.24) is 5.43 Å². The van der Waals surface area contributed by atoms with E-state index in [9.17, 15) is 13.2 Å². The highest BCUT2D eigenvalue weighted by molar-refractivity contribution is 9.10. The summed E-state index contributed by atoms with van der Waals surface area (Å²) in [5.41, 5.74) is 5.61. The third-order valence-electron chi connectivity index (χ3n) is 3.74. The molecule has 0 aliphatic carbocycles. The highest BCUT2D eigenvalue weighted by Crippen LogP contribution is 2.21. The predicted molar refractivity (Wildman–Crippen MR) is 108 cm³/mol. The summed E-state index contributed by atoms with van der Waals surface area (Å²) < 4.78 is 26.2. The molecule has 0 atom stereocenters. The minimum absolute atomic E-state index is 0.348. The zero-order valence-corrected chi connectivity index (χ0v) is 17.1. The maximum Gasteiger partial charge on any atom is 0.260 e. The molecule has 0 heterocycles. The molecule has 0 fully saturated rings. The number of rotatable bonds is 6. The Morgan fingerprint density at radius 1 is 1.15 bits per heavy atom. The molecule has 0 aromatic heterocycles. The summed E-state index contributed by atoms with van der Waals surface area (Å²) in [6.45, 7) is 3.48. The maximum absolute atomic E-state index is 12.1. The van der Waals surface area contributed by atoms with Gasteiger partial charge in [0.25, 0.3) is 5.91 Å². The van der Waals surface area contributed by atoms with Crippen LogP contribution in [0.4, 0.5) is 5.69 Å². The molecule has 0 bridgehead atoms. The lowest BCUT2D eigenvalue weighted by atomic mass is 10.1. The average Bonchev–Trinajstić information content (AvgIpc) is 2.56. The van der Waals surface area contributed by atoms with Gasteiger partial charge in [0, 0.05) is 4.47 Å². The minimum atomic E-state index is -3.61. The van der Waals surface area contributed by atoms with Gasteiger partial charge in [-0.2, -0.15) is 5.10 Å². The molecule has 138 valence electrons. The Morgan fingerprint density at radius 3 is 2.38 bits per heavy atom. The number of carbonyl (C=O) groups excluding carboxylic acids is 1. The number of carbonyl (C=O) groups is 1. The number of hydrogen-bond donors (Lipinski definition) is 1. The Labute approximate surface area is 162 Å². The van der Waals surface area contributed by atoms with E-state index in [1.54, 1.807) is 12.1 Å². The highest BCUT2D eigenvalue weighted by atomic mass is 79.9. The van der Waals surface area contributed by atoms with Crippen LogP contribution in [0.1, 0.15) is 16.7 Å². The van der Waals surface area contributed by atoms with Crippen molar-refractivity contribution < 1.29 is 13.2 Å². The predicted octanol–water partition coefficient (Wildman–Crippen LogP) is 2.98. The first-order valence-electron chi connectivity index (χ1n) is 7.79. The van der Waals surface area contributed by atoms with Gasteiger partial charge in [0.05, 0.1) is 18.2 Å². The monoisotopic (exact) mass is 437 g/mol. The van der Waals surface area contributed by atoms with Gasteiger partial charge in [-0.15, -0.1) is 0 Å². The van der Waals surface area contributed by atoms with Gasteiger partial charge in [0.2, 0.25) is 10.0 Å². The van der Waals surface area contributed by atoms with Crippen LogP contribution in [0.25, 0.3) is 0 Å². The van der Waals surface area contributed by atoms with E-state index < -0.39 is 15.9 Å². The molecule has 8 heteroatoms. The first-order valence-corrected chi connectivity index (χ1v) is 10.4. The van der Waals surface area contributed by atoms with Gasteiger partial charge in [0.1, 0.15) is 6.54 Å². The average molecular weight is 438 g/mol. The highest BCUT2D eigenvalue weighted by Gasteiger charge is 2.21. The summed E-state index contributed by atoms with van der Waals surface area (Å²) >= 11 is 3.34. The molecule has 0 saturated heterocycles. The van der Waals surface area contributed by atoms with Crippen molar-refractivity contribution >= 4 is 43.8 Å². The third-order valence-corrected chi connectivity index (χ3v) is 5.41. The van der Waals surface area contributed by atoms with Gasteiger partial charge in [-0.05, 0) is 54.8 Å². The van der Waals surface area contributed by atoms with Crippen LogP contribution in [0.15, 0.2) is 52.0 Å². The number of nitrogens with zero attached hydrogens (tertiary/aromatic N) is 2. The van der Waals surface area contributed by atoms with E-state index in [0.29, 0.717) is 5.69 Å². The SMILES string of the molecule is Cc1ccc(N(CC(=O)N/N=C\c2ccc(Br)cc2)S(C)(=O)=O)cc1C. The van der Waals surface area contributed by atoms with Crippen LogP contribution in [0.3, 0.4) is 0 Å². The number of halogens is 1. The minimum Gasteiger partial charge on any atom is -0.271 e. The van der Waals surface area contributed by atoms with E-state index in [-0.39, 0.29) is 6.54 Å². The number of anilines is 1. The number of hydrazone groups is 1. The van der Waals surface area contributed by atoms with Crippen molar-refractivity contribution in [2.75, 3.05) is 17.1 Å². The maximum atomic E-state index is 12.1. The number of benzene rings is 2. The fourth-order valence-corrected chi connectivity index (χ4v) is 3.29. The Bertz CT molecular complexity index is 925. The van der Waals surface area contributed by atoms with Gasteiger partial charge < -0.3 is 0 Å². The Kier molecular flexibility index (Phi) is 6.55. The fraction of sp³-hybridized carbons (Fsp3) is 0.222. The quantitative estimate of drug-likeness (QED) is 0.557. The lowest BCUT2D eigenvalue weighted by Crippen LogP contribution is -2.39. The van der Waals surface area contributed by atoms with Crippen LogP contribution in [0, 0.1) is 13.8 Å². The molecule has 0 unspecified atom stereocenters. The molecule has 26 heavy (non-hydrogen) atoms. The summed E-state index contributed by atoms with van der Waals surface area (Å²) in [5.74, 6) is -0.526. The van der Waals surface area contributed by atoms with E-state index in [4.69, 9.17) is 0 Å². The number of sulfonamides is 1. The second-order valence-electron chi connectivity index (χ2n) is 5.88. The number of hydrogen-bond acceptors (Lipinski definition) is 4. The van der Waals surface area contributed by atoms with E-state index in [1.807, 2.05) is 44.2 Å². The first kappa shape index (κ1) is 20.1. The van der Waals surface area contributed by atoms with Crippen molar-refractivity contribution in [3.63, 3.8) is 0 Å². The molecular formula is C18H20BrN3O3S. The summed E-state index contributed by atoms with van der Waals surface area (Å²) in [6.07, 6.45) is 2.56. The molecular weight excluding hydrogens is 418 g/mol. The van der Waals surface area contributed by atoms with Gasteiger partial charge in [0.15, 0.2) is 0 Å². The summed E-state index contributed by atoms with van der Waals surface area (Å²) in [5, 5.41) is 3.87. The van der Waals surface area contributed by atoms with E-state index in [2.05, 4.69) is 26.5 Å². The lowest BCUT2D eigenvalue weighted by molar-refractivity contribution is -0.119. The molecule has 2 aromatic carbocycles. The van der Waals surface area contributed by atoms with Crippen molar-refractivity contribution in [3.8, 4) is 0 Å². The molecule has 0 saturated carbocycles. The van der Waals surface area contributed by atoms with E-state index in [0.717, 1.165) is 31.7 Å². The molecule has 2 aromatic rings. The fourth-order valence-electron chi connectivity index (χ4n) is 2.17. The standard InChI is InChI=1S/C18H20BrN3O3S/c1-13-4-9-17(10-14(13)2)22(26(3,24)25)12-18(23)21-20-11-15-5-7-16(19)8-6-15/h4-11H,12H2,1-3H3,(H,21,23)/b20-11-. The molecule has 0 aliphatic heterocycles. The zero-order chi connectivity index (χ0) is 19.3. The van der Waals surface area contributed by atoms with Crippen LogP contribution < -0.4 is 9.73 Å². The number of amides is 1. The van der Waals surface area contributed by atoms with Crippen LogP contribution in [-0.4, -0.2) is 33.3 Å². The van der Waals surface area contributed by atoms with Crippen LogP contribution in [0.2, 0.25) is 0 Å². The third kappa shape index (κ3) is 5.67.